The first-order valence-corrected chi connectivity index (χ1v) is 11.1. The van der Waals surface area contributed by atoms with Gasteiger partial charge in [0.2, 0.25) is 10.0 Å². The number of carbonyl (C=O) groups is 1. The van der Waals surface area contributed by atoms with Gasteiger partial charge < -0.3 is 10.0 Å². The zero-order valence-electron chi connectivity index (χ0n) is 15.3. The number of β-amino-alcohol motifs (C(OH)–C–C–N with tert-alkyl or cyclic N) is 1. The molecule has 1 aliphatic heterocycles. The van der Waals surface area contributed by atoms with E-state index in [2.05, 4.69) is 4.98 Å². The van der Waals surface area contributed by atoms with Crippen molar-refractivity contribution in [3.05, 3.63) is 52.0 Å². The van der Waals surface area contributed by atoms with Crippen molar-refractivity contribution in [2.75, 3.05) is 32.9 Å². The van der Waals surface area contributed by atoms with E-state index in [1.54, 1.807) is 5.38 Å². The highest BCUT2D eigenvalue weighted by atomic mass is 32.2. The number of thiazole rings is 1. The first-order chi connectivity index (χ1) is 12.8. The Kier molecular flexibility index (Phi) is 5.95. The lowest BCUT2D eigenvalue weighted by molar-refractivity contribution is 0.0759. The van der Waals surface area contributed by atoms with E-state index in [0.29, 0.717) is 12.1 Å². The van der Waals surface area contributed by atoms with Gasteiger partial charge in [-0.3, -0.25) is 4.79 Å². The standard InChI is InChI=1S/C18H23N3O4S2/c1-20(2)27(24,25)12-14-9-21(10-16(14)22)18(23)15-11-26-17(19-15)8-13-6-4-3-5-7-13/h3-7,11,14,16,22H,8-10,12H2,1-2H3/t14-,16-/m0/s1. The van der Waals surface area contributed by atoms with Gasteiger partial charge in [-0.05, 0) is 5.56 Å². The minimum atomic E-state index is -3.44. The van der Waals surface area contributed by atoms with Gasteiger partial charge in [-0.15, -0.1) is 11.3 Å². The number of likely N-dealkylation sites (tertiary alicyclic amines) is 1. The van der Waals surface area contributed by atoms with E-state index in [1.807, 2.05) is 30.3 Å². The highest BCUT2D eigenvalue weighted by Crippen LogP contribution is 2.23. The summed E-state index contributed by atoms with van der Waals surface area (Å²) in [5, 5.41) is 12.8. The first kappa shape index (κ1) is 19.9. The molecule has 0 unspecified atom stereocenters. The van der Waals surface area contributed by atoms with Crippen molar-refractivity contribution in [1.82, 2.24) is 14.2 Å². The Bertz CT molecular complexity index is 896. The van der Waals surface area contributed by atoms with Crippen LogP contribution in [0.15, 0.2) is 35.7 Å². The van der Waals surface area contributed by atoms with Gasteiger partial charge in [0.15, 0.2) is 0 Å². The molecule has 0 spiro atoms. The molecule has 1 aromatic carbocycles. The predicted molar refractivity (Wildman–Crippen MR) is 104 cm³/mol. The lowest BCUT2D eigenvalue weighted by Gasteiger charge is -2.17. The Balaban J connectivity index is 1.65. The van der Waals surface area contributed by atoms with Gasteiger partial charge in [0.25, 0.3) is 5.91 Å². The van der Waals surface area contributed by atoms with Gasteiger partial charge >= 0.3 is 0 Å². The van der Waals surface area contributed by atoms with Gasteiger partial charge in [0.1, 0.15) is 5.69 Å². The monoisotopic (exact) mass is 409 g/mol. The van der Waals surface area contributed by atoms with Crippen molar-refractivity contribution in [2.45, 2.75) is 12.5 Å². The second-order valence-electron chi connectivity index (χ2n) is 6.89. The van der Waals surface area contributed by atoms with Gasteiger partial charge in [-0.2, -0.15) is 0 Å². The fraction of sp³-hybridized carbons (Fsp3) is 0.444. The Hall–Kier alpha value is -1.81. The van der Waals surface area contributed by atoms with Crippen LogP contribution in [-0.4, -0.2) is 72.7 Å². The zero-order valence-corrected chi connectivity index (χ0v) is 16.9. The molecule has 27 heavy (non-hydrogen) atoms. The molecule has 1 N–H and O–H groups in total. The molecule has 2 heterocycles. The van der Waals surface area contributed by atoms with Gasteiger partial charge in [0, 0.05) is 44.9 Å². The summed E-state index contributed by atoms with van der Waals surface area (Å²) in [4.78, 5) is 18.6. The molecule has 9 heteroatoms. The second-order valence-corrected chi connectivity index (χ2v) is 10.1. The lowest BCUT2D eigenvalue weighted by atomic mass is 10.1. The zero-order chi connectivity index (χ0) is 19.6. The fourth-order valence-corrected chi connectivity index (χ4v) is 5.00. The Morgan fingerprint density at radius 1 is 1.30 bits per heavy atom. The number of nitrogens with zero attached hydrogens (tertiary/aromatic N) is 3. The summed E-state index contributed by atoms with van der Waals surface area (Å²) in [6.07, 6.45) is -0.198. The van der Waals surface area contributed by atoms with Crippen molar-refractivity contribution >= 4 is 27.3 Å². The highest BCUT2D eigenvalue weighted by molar-refractivity contribution is 7.89. The first-order valence-electron chi connectivity index (χ1n) is 8.62. The topological polar surface area (TPSA) is 90.8 Å². The Morgan fingerprint density at radius 3 is 2.67 bits per heavy atom. The lowest BCUT2D eigenvalue weighted by Crippen LogP contribution is -2.33. The van der Waals surface area contributed by atoms with E-state index in [0.717, 1.165) is 14.9 Å². The molecular formula is C18H23N3O4S2. The number of hydrogen-bond acceptors (Lipinski definition) is 6. The number of aliphatic hydroxyl groups is 1. The van der Waals surface area contributed by atoms with Crippen LogP contribution in [0.1, 0.15) is 21.1 Å². The maximum absolute atomic E-state index is 12.7. The van der Waals surface area contributed by atoms with Crippen LogP contribution in [0.4, 0.5) is 0 Å². The average Bonchev–Trinajstić information content (AvgIpc) is 3.22. The van der Waals surface area contributed by atoms with Crippen LogP contribution in [0.2, 0.25) is 0 Å². The molecule has 2 aromatic rings. The van der Waals surface area contributed by atoms with Crippen LogP contribution in [0.3, 0.4) is 0 Å². The highest BCUT2D eigenvalue weighted by Gasteiger charge is 2.38. The molecule has 1 saturated heterocycles. The quantitative estimate of drug-likeness (QED) is 0.770. The van der Waals surface area contributed by atoms with E-state index in [1.165, 1.54) is 30.3 Å². The van der Waals surface area contributed by atoms with Gasteiger partial charge in [-0.25, -0.2) is 17.7 Å². The molecule has 1 aliphatic rings. The molecule has 7 nitrogen and oxygen atoms in total. The molecule has 3 rings (SSSR count). The van der Waals surface area contributed by atoms with Crippen molar-refractivity contribution < 1.29 is 18.3 Å². The van der Waals surface area contributed by atoms with Crippen molar-refractivity contribution in [2.24, 2.45) is 5.92 Å². The minimum absolute atomic E-state index is 0.123. The third-order valence-electron chi connectivity index (χ3n) is 4.64. The van der Waals surface area contributed by atoms with Crippen molar-refractivity contribution in [3.63, 3.8) is 0 Å². The van der Waals surface area contributed by atoms with E-state index < -0.39 is 22.0 Å². The summed E-state index contributed by atoms with van der Waals surface area (Å²) in [5.41, 5.74) is 1.46. The van der Waals surface area contributed by atoms with Gasteiger partial charge in [0.05, 0.1) is 16.9 Å². The van der Waals surface area contributed by atoms with Crippen molar-refractivity contribution in [1.29, 1.82) is 0 Å². The maximum atomic E-state index is 12.7. The van der Waals surface area contributed by atoms with Crippen LogP contribution in [0, 0.1) is 5.92 Å². The number of benzene rings is 1. The van der Waals surface area contributed by atoms with E-state index in [9.17, 15) is 18.3 Å². The third-order valence-corrected chi connectivity index (χ3v) is 7.45. The normalized spacial score (nSPS) is 20.4. The summed E-state index contributed by atoms with van der Waals surface area (Å²) in [6.45, 7) is 0.330. The Labute approximate surface area is 163 Å². The number of hydrogen-bond donors (Lipinski definition) is 1. The number of aliphatic hydroxyl groups excluding tert-OH is 1. The Morgan fingerprint density at radius 2 is 2.00 bits per heavy atom. The van der Waals surface area contributed by atoms with E-state index in [4.69, 9.17) is 0 Å². The number of sulfonamides is 1. The van der Waals surface area contributed by atoms with Crippen LogP contribution in [-0.2, 0) is 16.4 Å². The molecule has 146 valence electrons. The molecular weight excluding hydrogens is 386 g/mol. The largest absolute Gasteiger partial charge is 0.391 e. The maximum Gasteiger partial charge on any atom is 0.273 e. The fourth-order valence-electron chi connectivity index (χ4n) is 3.03. The molecule has 0 radical (unpaired) electrons. The molecule has 0 aliphatic carbocycles. The molecule has 1 aromatic heterocycles. The van der Waals surface area contributed by atoms with E-state index in [-0.39, 0.29) is 24.7 Å². The molecule has 1 fully saturated rings. The number of amides is 1. The number of rotatable bonds is 6. The van der Waals surface area contributed by atoms with Gasteiger partial charge in [-0.1, -0.05) is 30.3 Å². The van der Waals surface area contributed by atoms with Crippen LogP contribution in [0.25, 0.3) is 0 Å². The third kappa shape index (κ3) is 4.73. The number of aromatic nitrogens is 1. The van der Waals surface area contributed by atoms with E-state index >= 15 is 0 Å². The molecule has 2 atom stereocenters. The SMILES string of the molecule is CN(C)S(=O)(=O)C[C@@H]1CN(C(=O)c2csc(Cc3ccccc3)n2)C[C@@H]1O. The molecule has 1 amide bonds. The van der Waals surface area contributed by atoms with Crippen LogP contribution in [0.5, 0.6) is 0 Å². The summed E-state index contributed by atoms with van der Waals surface area (Å²) in [7, 11) is -0.514. The van der Waals surface area contributed by atoms with Crippen LogP contribution < -0.4 is 0 Å². The second kappa shape index (κ2) is 8.05. The smallest absolute Gasteiger partial charge is 0.273 e. The molecule has 0 saturated carbocycles. The van der Waals surface area contributed by atoms with Crippen LogP contribution >= 0.6 is 11.3 Å². The average molecular weight is 410 g/mol. The van der Waals surface area contributed by atoms with Crippen molar-refractivity contribution in [3.8, 4) is 0 Å². The summed E-state index contributed by atoms with van der Waals surface area (Å²) in [5.74, 6) is -0.945. The number of carbonyl (C=O) groups excluding carboxylic acids is 1. The molecule has 0 bridgehead atoms. The summed E-state index contributed by atoms with van der Waals surface area (Å²) in [6, 6.07) is 9.89. The summed E-state index contributed by atoms with van der Waals surface area (Å²) < 4.78 is 25.3. The minimum Gasteiger partial charge on any atom is -0.391 e. The summed E-state index contributed by atoms with van der Waals surface area (Å²) >= 11 is 1.42. The predicted octanol–water partition coefficient (Wildman–Crippen LogP) is 1.06.